The van der Waals surface area contributed by atoms with Crippen LogP contribution in [-0.4, -0.2) is 0 Å². The maximum Gasteiger partial charge on any atom is 0.0465 e. The van der Waals surface area contributed by atoms with E-state index in [1.807, 2.05) is 0 Å². The second kappa shape index (κ2) is 15.2. The van der Waals surface area contributed by atoms with Gasteiger partial charge in [0.05, 0.1) is 0 Å². The fraction of sp³-hybridized carbons (Fsp3) is 0.143. The fourth-order valence-corrected chi connectivity index (χ4v) is 14.0. The third-order valence-corrected chi connectivity index (χ3v) is 17.8. The molecule has 0 bridgehead atoms. The van der Waals surface area contributed by atoms with Crippen molar-refractivity contribution in [1.82, 2.24) is 0 Å². The molecule has 346 valence electrons. The van der Waals surface area contributed by atoms with Crippen LogP contribution in [0.15, 0.2) is 231 Å². The van der Waals surface area contributed by atoms with Gasteiger partial charge in [-0.15, -0.1) is 0 Å². The molecule has 2 atom stereocenters. The molecule has 0 spiro atoms. The maximum atomic E-state index is 2.54. The third-order valence-electron chi connectivity index (χ3n) is 17.8. The highest BCUT2D eigenvalue weighted by Gasteiger charge is 2.58. The second-order valence-corrected chi connectivity index (χ2v) is 21.9. The molecular weight excluding hydrogens is 869 g/mol. The zero-order valence-corrected chi connectivity index (χ0v) is 41.8. The second-order valence-electron chi connectivity index (χ2n) is 21.9. The van der Waals surface area contributed by atoms with Crippen LogP contribution < -0.4 is 9.80 Å². The van der Waals surface area contributed by atoms with Gasteiger partial charge in [0.1, 0.15) is 0 Å². The molecule has 0 N–H and O–H groups in total. The van der Waals surface area contributed by atoms with E-state index in [9.17, 15) is 0 Å². The minimum Gasteiger partial charge on any atom is -0.310 e. The summed E-state index contributed by atoms with van der Waals surface area (Å²) < 4.78 is 0. The lowest BCUT2D eigenvalue weighted by Gasteiger charge is -2.45. The number of benzene rings is 10. The van der Waals surface area contributed by atoms with Crippen LogP contribution in [0.4, 0.5) is 34.1 Å². The highest BCUT2D eigenvalue weighted by Crippen LogP contribution is 2.66. The average molecular weight is 925 g/mol. The first-order valence-electron chi connectivity index (χ1n) is 25.7. The molecule has 72 heavy (non-hydrogen) atoms. The van der Waals surface area contributed by atoms with Crippen LogP contribution >= 0.6 is 0 Å². The molecule has 2 heteroatoms. The molecule has 14 rings (SSSR count). The molecule has 0 aromatic heterocycles. The van der Waals surface area contributed by atoms with Crippen LogP contribution in [0, 0.1) is 0 Å². The average Bonchev–Trinajstić information content (AvgIpc) is 4.03. The van der Waals surface area contributed by atoms with Crippen molar-refractivity contribution >= 4 is 34.1 Å². The van der Waals surface area contributed by atoms with Crippen LogP contribution in [0.1, 0.15) is 86.1 Å². The fourth-order valence-electron chi connectivity index (χ4n) is 14.0. The van der Waals surface area contributed by atoms with E-state index >= 15 is 0 Å². The highest BCUT2D eigenvalue weighted by molar-refractivity contribution is 5.94. The van der Waals surface area contributed by atoms with Crippen molar-refractivity contribution in [2.45, 2.75) is 63.2 Å². The number of hydrogen-bond acceptors (Lipinski definition) is 2. The van der Waals surface area contributed by atoms with Crippen molar-refractivity contribution in [1.29, 1.82) is 0 Å². The SMILES string of the molecule is CC1(C)c2ccccc2-c2ccc(N(c3ccccc3)c3ccc4c(c3)C(C)(C3(C)c5ccccc5-c5ccc(N(c6ccccc6)c6ccc7c(c6)C(C)(C)c6ccccc6-7)cc53)c3ccccc3-4)cc21. The lowest BCUT2D eigenvalue weighted by atomic mass is 9.56. The van der Waals surface area contributed by atoms with Gasteiger partial charge in [0.2, 0.25) is 0 Å². The lowest BCUT2D eigenvalue weighted by Crippen LogP contribution is -2.44. The Kier molecular flexibility index (Phi) is 8.98. The number of rotatable bonds is 7. The summed E-state index contributed by atoms with van der Waals surface area (Å²) in [5.74, 6) is 0. The molecule has 0 aliphatic heterocycles. The minimum atomic E-state index is -0.486. The lowest BCUT2D eigenvalue weighted by molar-refractivity contribution is 0.376. The maximum absolute atomic E-state index is 2.54. The minimum absolute atomic E-state index is 0.127. The van der Waals surface area contributed by atoms with Gasteiger partial charge < -0.3 is 9.80 Å². The van der Waals surface area contributed by atoms with Gasteiger partial charge in [-0.2, -0.15) is 0 Å². The van der Waals surface area contributed by atoms with Crippen LogP contribution in [0.25, 0.3) is 44.5 Å². The van der Waals surface area contributed by atoms with Crippen molar-refractivity contribution in [3.05, 3.63) is 275 Å². The predicted octanol–water partition coefficient (Wildman–Crippen LogP) is 18.5. The van der Waals surface area contributed by atoms with E-state index in [1.165, 1.54) is 89.0 Å². The first kappa shape index (κ1) is 42.7. The molecule has 4 aliphatic rings. The summed E-state index contributed by atoms with van der Waals surface area (Å²) >= 11 is 0. The topological polar surface area (TPSA) is 6.48 Å². The Labute approximate surface area is 424 Å². The molecule has 0 saturated heterocycles. The van der Waals surface area contributed by atoms with Gasteiger partial charge in [-0.05, 0) is 162 Å². The molecule has 0 radical (unpaired) electrons. The molecule has 0 fully saturated rings. The number of hydrogen-bond donors (Lipinski definition) is 0. The molecule has 0 heterocycles. The van der Waals surface area contributed by atoms with E-state index in [0.717, 1.165) is 34.1 Å². The van der Waals surface area contributed by atoms with Crippen LogP contribution in [0.2, 0.25) is 0 Å². The zero-order valence-electron chi connectivity index (χ0n) is 41.8. The van der Waals surface area contributed by atoms with E-state index in [1.54, 1.807) is 0 Å². The number of nitrogens with zero attached hydrogens (tertiary/aromatic N) is 2. The van der Waals surface area contributed by atoms with E-state index in [4.69, 9.17) is 0 Å². The smallest absolute Gasteiger partial charge is 0.0465 e. The van der Waals surface area contributed by atoms with E-state index < -0.39 is 10.8 Å². The molecule has 0 amide bonds. The Bertz CT molecular complexity index is 3610. The van der Waals surface area contributed by atoms with Gasteiger partial charge in [-0.25, -0.2) is 0 Å². The molecule has 4 aliphatic carbocycles. The Morgan fingerprint density at radius 1 is 0.208 bits per heavy atom. The third kappa shape index (κ3) is 5.67. The summed E-state index contributed by atoms with van der Waals surface area (Å²) in [4.78, 5) is 4.96. The molecule has 10 aromatic rings. The summed E-state index contributed by atoms with van der Waals surface area (Å²) in [5, 5.41) is 0. The predicted molar refractivity (Wildman–Crippen MR) is 301 cm³/mol. The van der Waals surface area contributed by atoms with Crippen molar-refractivity contribution in [3.63, 3.8) is 0 Å². The standard InChI is InChI=1S/C70H56N2/c1-67(2)59-29-17-13-25-51(59)55-37-33-47(41-63(55)67)71(45-21-9-7-10-22-45)49-35-39-57-53-27-15-19-31-61(53)69(5,65(57)43-49)70(6)62-32-20-16-28-54(62)58-40-36-50(44-66(58)70)72(46-23-11-8-12-24-46)48-34-38-56-52-26-14-18-30-60(52)68(3,4)64(56)42-48/h7-44H,1-6H3. The van der Waals surface area contributed by atoms with Gasteiger partial charge in [0.25, 0.3) is 0 Å². The zero-order chi connectivity index (χ0) is 48.7. The molecule has 0 saturated carbocycles. The van der Waals surface area contributed by atoms with Gasteiger partial charge in [-0.3, -0.25) is 0 Å². The largest absolute Gasteiger partial charge is 0.310 e. The van der Waals surface area contributed by atoms with Crippen molar-refractivity contribution < 1.29 is 0 Å². The summed E-state index contributed by atoms with van der Waals surface area (Å²) in [6.07, 6.45) is 0. The van der Waals surface area contributed by atoms with E-state index in [-0.39, 0.29) is 10.8 Å². The van der Waals surface area contributed by atoms with E-state index in [0.29, 0.717) is 0 Å². The molecule has 10 aromatic carbocycles. The highest BCUT2D eigenvalue weighted by atomic mass is 15.1. The quantitative estimate of drug-likeness (QED) is 0.157. The monoisotopic (exact) mass is 924 g/mol. The first-order valence-corrected chi connectivity index (χ1v) is 25.7. The summed E-state index contributed by atoms with van der Waals surface area (Å²) in [6.45, 7) is 14.6. The number of para-hydroxylation sites is 2. The van der Waals surface area contributed by atoms with Crippen LogP contribution in [0.3, 0.4) is 0 Å². The van der Waals surface area contributed by atoms with Gasteiger partial charge in [-0.1, -0.05) is 199 Å². The molecular formula is C70H56N2. The van der Waals surface area contributed by atoms with Gasteiger partial charge >= 0.3 is 0 Å². The van der Waals surface area contributed by atoms with Crippen molar-refractivity contribution in [2.24, 2.45) is 0 Å². The molecule has 2 nitrogen and oxygen atoms in total. The van der Waals surface area contributed by atoms with Crippen molar-refractivity contribution in [3.8, 4) is 44.5 Å². The van der Waals surface area contributed by atoms with Crippen LogP contribution in [0.5, 0.6) is 0 Å². The first-order chi connectivity index (χ1) is 35.0. The summed E-state index contributed by atoms with van der Waals surface area (Å²) in [6, 6.07) is 87.1. The summed E-state index contributed by atoms with van der Waals surface area (Å²) in [5.41, 5.74) is 27.1. The normalized spacial score (nSPS) is 18.5. The number of anilines is 6. The van der Waals surface area contributed by atoms with Crippen molar-refractivity contribution in [2.75, 3.05) is 9.80 Å². The Hall–Kier alpha value is -8.20. The Morgan fingerprint density at radius 2 is 0.458 bits per heavy atom. The molecule has 2 unspecified atom stereocenters. The summed E-state index contributed by atoms with van der Waals surface area (Å²) in [7, 11) is 0. The Morgan fingerprint density at radius 3 is 0.806 bits per heavy atom. The van der Waals surface area contributed by atoms with E-state index in [2.05, 4.69) is 282 Å². The number of fused-ring (bicyclic) bond motifs is 12. The van der Waals surface area contributed by atoms with Gasteiger partial charge in [0.15, 0.2) is 0 Å². The Balaban J connectivity index is 0.963. The van der Waals surface area contributed by atoms with Gasteiger partial charge in [0, 0.05) is 55.8 Å². The van der Waals surface area contributed by atoms with Crippen LogP contribution in [-0.2, 0) is 21.7 Å².